The second kappa shape index (κ2) is 13.8. The van der Waals surface area contributed by atoms with Crippen LogP contribution in [0.4, 0.5) is 0 Å². The molecular weight excluding hydrogens is 370 g/mol. The largest absolute Gasteiger partial charge is 0.494 e. The fourth-order valence-electron chi connectivity index (χ4n) is 2.37. The number of ether oxygens (including phenoxy) is 2. The number of para-hydroxylation sites is 1. The Morgan fingerprint density at radius 2 is 1.85 bits per heavy atom. The summed E-state index contributed by atoms with van der Waals surface area (Å²) in [7, 11) is 0. The summed E-state index contributed by atoms with van der Waals surface area (Å²) in [5, 5.41) is 4.30. The highest BCUT2D eigenvalue weighted by molar-refractivity contribution is 7.11. The van der Waals surface area contributed by atoms with Gasteiger partial charge in [-0.05, 0) is 25.5 Å². The van der Waals surface area contributed by atoms with Crippen LogP contribution in [0.5, 0.6) is 10.8 Å². The van der Waals surface area contributed by atoms with E-state index in [1.807, 2.05) is 42.8 Å². The highest BCUT2D eigenvalue weighted by Crippen LogP contribution is 2.21. The zero-order chi connectivity index (χ0) is 17.7. The Bertz CT molecular complexity index is 577. The van der Waals surface area contributed by atoms with E-state index < -0.39 is 0 Å². The van der Waals surface area contributed by atoms with Crippen LogP contribution in [0.2, 0.25) is 0 Å². The van der Waals surface area contributed by atoms with Crippen LogP contribution >= 0.6 is 23.7 Å². The molecule has 0 amide bonds. The minimum Gasteiger partial charge on any atom is -0.494 e. The number of benzene rings is 1. The van der Waals surface area contributed by atoms with Crippen LogP contribution in [0.1, 0.15) is 19.0 Å². The first-order chi connectivity index (χ1) is 12.3. The van der Waals surface area contributed by atoms with Crippen LogP contribution in [0.25, 0.3) is 0 Å². The molecular formula is C19H30ClN3O2S. The maximum atomic E-state index is 5.67. The van der Waals surface area contributed by atoms with Crippen molar-refractivity contribution in [1.82, 2.24) is 15.2 Å². The predicted octanol–water partition coefficient (Wildman–Crippen LogP) is 3.63. The third-order valence-corrected chi connectivity index (χ3v) is 4.61. The molecule has 1 fully saturated rings. The van der Waals surface area contributed by atoms with Gasteiger partial charge in [0.05, 0.1) is 17.8 Å². The number of nitrogens with one attached hydrogen (secondary N) is 1. The molecule has 0 bridgehead atoms. The smallest absolute Gasteiger partial charge is 0.196 e. The molecule has 0 radical (unpaired) electrons. The first-order valence-electron chi connectivity index (χ1n) is 8.93. The lowest BCUT2D eigenvalue weighted by molar-refractivity contribution is 0.193. The van der Waals surface area contributed by atoms with Gasteiger partial charge in [-0.3, -0.25) is 4.90 Å². The molecule has 0 saturated carbocycles. The molecule has 1 N–H and O–H groups in total. The molecule has 26 heavy (non-hydrogen) atoms. The van der Waals surface area contributed by atoms with Crippen molar-refractivity contribution in [1.29, 1.82) is 0 Å². The molecule has 3 rings (SSSR count). The number of hydrogen-bond acceptors (Lipinski definition) is 6. The lowest BCUT2D eigenvalue weighted by atomic mass is 10.3. The molecule has 1 aliphatic rings. The van der Waals surface area contributed by atoms with Gasteiger partial charge in [0.15, 0.2) is 5.06 Å². The minimum atomic E-state index is 0. The van der Waals surface area contributed by atoms with E-state index in [9.17, 15) is 0 Å². The van der Waals surface area contributed by atoms with E-state index in [1.165, 1.54) is 0 Å². The molecule has 2 heterocycles. The Morgan fingerprint density at radius 1 is 1.12 bits per heavy atom. The van der Waals surface area contributed by atoms with Gasteiger partial charge in [0, 0.05) is 32.7 Å². The summed E-state index contributed by atoms with van der Waals surface area (Å²) in [6.45, 7) is 11.1. The fraction of sp³-hybridized carbons (Fsp3) is 0.526. The highest BCUT2D eigenvalue weighted by Gasteiger charge is 2.09. The van der Waals surface area contributed by atoms with E-state index in [-0.39, 0.29) is 12.4 Å². The van der Waals surface area contributed by atoms with Gasteiger partial charge in [-0.25, -0.2) is 4.98 Å². The van der Waals surface area contributed by atoms with Crippen molar-refractivity contribution >= 4 is 23.7 Å². The van der Waals surface area contributed by atoms with Gasteiger partial charge in [-0.15, -0.1) is 12.4 Å². The van der Waals surface area contributed by atoms with Crippen molar-refractivity contribution in [2.45, 2.75) is 20.3 Å². The van der Waals surface area contributed by atoms with Gasteiger partial charge in [-0.2, -0.15) is 0 Å². The summed E-state index contributed by atoms with van der Waals surface area (Å²) in [5.41, 5.74) is 2.83. The van der Waals surface area contributed by atoms with Crippen molar-refractivity contribution in [3.05, 3.63) is 41.5 Å². The molecule has 1 saturated heterocycles. The van der Waals surface area contributed by atoms with Gasteiger partial charge in [0.1, 0.15) is 12.4 Å². The van der Waals surface area contributed by atoms with Crippen LogP contribution in [0, 0.1) is 6.92 Å². The molecule has 0 aliphatic carbocycles. The number of piperazine rings is 1. The first kappa shape index (κ1) is 22.7. The Hall–Kier alpha value is -1.34. The zero-order valence-electron chi connectivity index (χ0n) is 15.6. The van der Waals surface area contributed by atoms with Gasteiger partial charge < -0.3 is 14.8 Å². The molecule has 0 unspecified atom stereocenters. The molecule has 0 spiro atoms. The van der Waals surface area contributed by atoms with Gasteiger partial charge >= 0.3 is 0 Å². The molecule has 2 aromatic rings. The number of rotatable bonds is 7. The molecule has 0 atom stereocenters. The normalized spacial score (nSPS) is 13.9. The molecule has 1 aromatic carbocycles. The summed E-state index contributed by atoms with van der Waals surface area (Å²) >= 11 is 1.57. The van der Waals surface area contributed by atoms with E-state index in [0.29, 0.717) is 0 Å². The second-order valence-electron chi connectivity index (χ2n) is 5.83. The van der Waals surface area contributed by atoms with E-state index in [0.717, 1.165) is 68.9 Å². The molecule has 1 aromatic heterocycles. The quantitative estimate of drug-likeness (QED) is 0.770. The predicted molar refractivity (Wildman–Crippen MR) is 111 cm³/mol. The third kappa shape index (κ3) is 8.85. The molecule has 1 aliphatic heterocycles. The number of halogens is 1. The number of nitrogens with zero attached hydrogens (tertiary/aromatic N) is 2. The molecule has 7 heteroatoms. The van der Waals surface area contributed by atoms with Crippen molar-refractivity contribution < 1.29 is 9.47 Å². The molecule has 146 valence electrons. The van der Waals surface area contributed by atoms with Gasteiger partial charge in [0.2, 0.25) is 0 Å². The van der Waals surface area contributed by atoms with E-state index in [2.05, 4.69) is 22.1 Å². The number of thiazole rings is 1. The van der Waals surface area contributed by atoms with Crippen LogP contribution in [0.15, 0.2) is 35.8 Å². The van der Waals surface area contributed by atoms with Crippen LogP contribution in [-0.2, 0) is 0 Å². The lowest BCUT2D eigenvalue weighted by Gasteiger charge is -2.26. The standard InChI is InChI=1S/C10H17N3OS.C9H12O.ClH/c1-9-10(15-8-12-9)14-7-6-13-4-2-11-3-5-13;1-2-8-10-9-6-4-3-5-7-9;/h8,11H,2-7H2,1H3;3-7H,2,8H2,1H3;1H. The number of hydrogen-bond donors (Lipinski definition) is 1. The minimum absolute atomic E-state index is 0. The van der Waals surface area contributed by atoms with Crippen molar-refractivity contribution in [3.8, 4) is 10.8 Å². The molecule has 5 nitrogen and oxygen atoms in total. The van der Waals surface area contributed by atoms with Crippen LogP contribution < -0.4 is 14.8 Å². The van der Waals surface area contributed by atoms with Crippen molar-refractivity contribution in [2.75, 3.05) is 45.9 Å². The Balaban J connectivity index is 0.000000270. The Kier molecular flexibility index (Phi) is 12.1. The van der Waals surface area contributed by atoms with Crippen molar-refractivity contribution in [2.24, 2.45) is 0 Å². The highest BCUT2D eigenvalue weighted by atomic mass is 35.5. The average molecular weight is 400 g/mol. The van der Waals surface area contributed by atoms with Gasteiger partial charge in [-0.1, -0.05) is 36.5 Å². The number of aromatic nitrogens is 1. The van der Waals surface area contributed by atoms with Gasteiger partial charge in [0.25, 0.3) is 0 Å². The summed E-state index contributed by atoms with van der Waals surface area (Å²) in [6, 6.07) is 9.88. The van der Waals surface area contributed by atoms with Crippen molar-refractivity contribution in [3.63, 3.8) is 0 Å². The fourth-order valence-corrected chi connectivity index (χ4v) is 3.05. The summed E-state index contributed by atoms with van der Waals surface area (Å²) in [6.07, 6.45) is 1.06. The average Bonchev–Trinajstić information content (AvgIpc) is 3.07. The summed E-state index contributed by atoms with van der Waals surface area (Å²) < 4.78 is 11.0. The number of aryl methyl sites for hydroxylation is 1. The van der Waals surface area contributed by atoms with E-state index in [4.69, 9.17) is 9.47 Å². The van der Waals surface area contributed by atoms with Crippen LogP contribution in [-0.4, -0.2) is 55.8 Å². The third-order valence-electron chi connectivity index (χ3n) is 3.77. The second-order valence-corrected chi connectivity index (χ2v) is 6.64. The Labute approximate surface area is 167 Å². The first-order valence-corrected chi connectivity index (χ1v) is 9.81. The maximum Gasteiger partial charge on any atom is 0.196 e. The lowest BCUT2D eigenvalue weighted by Crippen LogP contribution is -2.44. The van der Waals surface area contributed by atoms with E-state index in [1.54, 1.807) is 11.3 Å². The summed E-state index contributed by atoms with van der Waals surface area (Å²) in [5.74, 6) is 0.962. The maximum absolute atomic E-state index is 5.67. The topological polar surface area (TPSA) is 46.6 Å². The van der Waals surface area contributed by atoms with E-state index >= 15 is 0 Å². The summed E-state index contributed by atoms with van der Waals surface area (Å²) in [4.78, 5) is 6.58. The monoisotopic (exact) mass is 399 g/mol. The SMILES string of the molecule is CCCOc1ccccc1.Cc1ncsc1OCCN1CCNCC1.Cl. The zero-order valence-corrected chi connectivity index (χ0v) is 17.3. The Morgan fingerprint density at radius 3 is 2.46 bits per heavy atom. The van der Waals surface area contributed by atoms with Crippen LogP contribution in [0.3, 0.4) is 0 Å².